The second-order valence-electron chi connectivity index (χ2n) is 4.89. The molecule has 4 heteroatoms. The molecule has 0 aliphatic heterocycles. The standard InChI is InChI=1S/C15H19N3O/c1-11(13-5-2-6-13)18-15(19)14-8-7-12(10-17-14)4-3-9-16/h7-8,10-11,13H,2,5-6,9,16H2,1H3,(H,18,19). The second kappa shape index (κ2) is 6.35. The highest BCUT2D eigenvalue weighted by Crippen LogP contribution is 2.29. The van der Waals surface area contributed by atoms with Crippen molar-refractivity contribution in [2.45, 2.75) is 32.2 Å². The highest BCUT2D eigenvalue weighted by atomic mass is 16.1. The average Bonchev–Trinajstić information content (AvgIpc) is 2.34. The van der Waals surface area contributed by atoms with Gasteiger partial charge in [-0.1, -0.05) is 18.3 Å². The highest BCUT2D eigenvalue weighted by molar-refractivity contribution is 5.92. The molecule has 0 spiro atoms. The second-order valence-corrected chi connectivity index (χ2v) is 4.89. The molecule has 0 aromatic carbocycles. The first-order valence-electron chi connectivity index (χ1n) is 6.66. The Morgan fingerprint density at radius 2 is 2.37 bits per heavy atom. The van der Waals surface area contributed by atoms with Crippen molar-refractivity contribution >= 4 is 5.91 Å². The summed E-state index contributed by atoms with van der Waals surface area (Å²) < 4.78 is 0. The van der Waals surface area contributed by atoms with E-state index in [1.165, 1.54) is 19.3 Å². The Hall–Kier alpha value is -1.86. The number of pyridine rings is 1. The van der Waals surface area contributed by atoms with Crippen molar-refractivity contribution in [3.63, 3.8) is 0 Å². The fourth-order valence-corrected chi connectivity index (χ4v) is 2.09. The van der Waals surface area contributed by atoms with Crippen molar-refractivity contribution in [1.82, 2.24) is 10.3 Å². The Morgan fingerprint density at radius 1 is 1.58 bits per heavy atom. The van der Waals surface area contributed by atoms with E-state index >= 15 is 0 Å². The Kier molecular flexibility index (Phi) is 4.53. The summed E-state index contributed by atoms with van der Waals surface area (Å²) in [5.41, 5.74) is 6.51. The lowest BCUT2D eigenvalue weighted by Crippen LogP contribution is -2.40. The summed E-state index contributed by atoms with van der Waals surface area (Å²) in [5.74, 6) is 6.14. The molecule has 100 valence electrons. The van der Waals surface area contributed by atoms with Crippen LogP contribution in [0.4, 0.5) is 0 Å². The maximum absolute atomic E-state index is 12.0. The minimum atomic E-state index is -0.113. The number of nitrogens with two attached hydrogens (primary N) is 1. The number of carbonyl (C=O) groups is 1. The van der Waals surface area contributed by atoms with E-state index in [2.05, 4.69) is 29.1 Å². The summed E-state index contributed by atoms with van der Waals surface area (Å²) in [6, 6.07) is 3.71. The molecule has 1 heterocycles. The molecule has 4 nitrogen and oxygen atoms in total. The van der Waals surface area contributed by atoms with E-state index in [4.69, 9.17) is 5.73 Å². The van der Waals surface area contributed by atoms with Crippen LogP contribution in [0.2, 0.25) is 0 Å². The third-order valence-electron chi connectivity index (χ3n) is 3.55. The van der Waals surface area contributed by atoms with Crippen LogP contribution in [0, 0.1) is 17.8 Å². The molecule has 1 atom stereocenters. The van der Waals surface area contributed by atoms with Gasteiger partial charge in [-0.3, -0.25) is 4.79 Å². The van der Waals surface area contributed by atoms with E-state index in [0.717, 1.165) is 5.56 Å². The Morgan fingerprint density at radius 3 is 2.89 bits per heavy atom. The first kappa shape index (κ1) is 13.6. The van der Waals surface area contributed by atoms with Gasteiger partial charge in [-0.25, -0.2) is 4.98 Å². The van der Waals surface area contributed by atoms with E-state index in [0.29, 0.717) is 18.2 Å². The lowest BCUT2D eigenvalue weighted by molar-refractivity contribution is 0.0904. The number of amides is 1. The first-order valence-corrected chi connectivity index (χ1v) is 6.66. The molecular formula is C15H19N3O. The van der Waals surface area contributed by atoms with Crippen LogP contribution in [0.15, 0.2) is 18.3 Å². The number of carbonyl (C=O) groups excluding carboxylic acids is 1. The molecule has 1 aromatic heterocycles. The van der Waals surface area contributed by atoms with Gasteiger partial charge in [0.1, 0.15) is 5.69 Å². The number of hydrogen-bond donors (Lipinski definition) is 2. The van der Waals surface area contributed by atoms with Gasteiger partial charge in [0.15, 0.2) is 0 Å². The summed E-state index contributed by atoms with van der Waals surface area (Å²) in [4.78, 5) is 16.1. The van der Waals surface area contributed by atoms with E-state index < -0.39 is 0 Å². The molecule has 0 saturated heterocycles. The minimum absolute atomic E-state index is 0.113. The molecule has 3 N–H and O–H groups in total. The van der Waals surface area contributed by atoms with Gasteiger partial charge in [0.25, 0.3) is 5.91 Å². The molecule has 0 bridgehead atoms. The number of aromatic nitrogens is 1. The van der Waals surface area contributed by atoms with Crippen molar-refractivity contribution in [3.8, 4) is 11.8 Å². The number of nitrogens with zero attached hydrogens (tertiary/aromatic N) is 1. The van der Waals surface area contributed by atoms with Gasteiger partial charge in [0.05, 0.1) is 6.54 Å². The number of hydrogen-bond acceptors (Lipinski definition) is 3. The Labute approximate surface area is 113 Å². The van der Waals surface area contributed by atoms with Crippen molar-refractivity contribution in [2.75, 3.05) is 6.54 Å². The monoisotopic (exact) mass is 257 g/mol. The van der Waals surface area contributed by atoms with Gasteiger partial charge in [0.2, 0.25) is 0 Å². The summed E-state index contributed by atoms with van der Waals surface area (Å²) in [5, 5.41) is 3.00. The van der Waals surface area contributed by atoms with E-state index in [1.54, 1.807) is 18.3 Å². The molecule has 1 fully saturated rings. The lowest BCUT2D eigenvalue weighted by Gasteiger charge is -2.31. The van der Waals surface area contributed by atoms with Gasteiger partial charge in [-0.15, -0.1) is 0 Å². The van der Waals surface area contributed by atoms with Gasteiger partial charge in [-0.05, 0) is 37.8 Å². The van der Waals surface area contributed by atoms with Crippen LogP contribution in [0.25, 0.3) is 0 Å². The van der Waals surface area contributed by atoms with Crippen LogP contribution in [0.3, 0.4) is 0 Å². The third kappa shape index (κ3) is 3.55. The Bertz CT molecular complexity index is 494. The van der Waals surface area contributed by atoms with Crippen LogP contribution in [-0.4, -0.2) is 23.5 Å². The quantitative estimate of drug-likeness (QED) is 0.802. The maximum Gasteiger partial charge on any atom is 0.270 e. The van der Waals surface area contributed by atoms with Gasteiger partial charge >= 0.3 is 0 Å². The third-order valence-corrected chi connectivity index (χ3v) is 3.55. The lowest BCUT2D eigenvalue weighted by atomic mass is 9.80. The normalized spacial score (nSPS) is 15.9. The average molecular weight is 257 g/mol. The molecule has 1 aliphatic carbocycles. The number of rotatable bonds is 3. The van der Waals surface area contributed by atoms with Crippen molar-refractivity contribution < 1.29 is 4.79 Å². The highest BCUT2D eigenvalue weighted by Gasteiger charge is 2.25. The topological polar surface area (TPSA) is 68.0 Å². The summed E-state index contributed by atoms with van der Waals surface area (Å²) in [6.07, 6.45) is 5.30. The zero-order valence-electron chi connectivity index (χ0n) is 11.1. The van der Waals surface area contributed by atoms with Crippen molar-refractivity contribution in [1.29, 1.82) is 0 Å². The van der Waals surface area contributed by atoms with E-state index in [9.17, 15) is 4.79 Å². The molecule has 19 heavy (non-hydrogen) atoms. The Balaban J connectivity index is 1.95. The molecule has 1 saturated carbocycles. The van der Waals surface area contributed by atoms with E-state index in [-0.39, 0.29) is 11.9 Å². The van der Waals surface area contributed by atoms with Gasteiger partial charge < -0.3 is 11.1 Å². The van der Waals surface area contributed by atoms with Crippen LogP contribution in [0.1, 0.15) is 42.2 Å². The molecule has 0 radical (unpaired) electrons. The predicted octanol–water partition coefficient (Wildman–Crippen LogP) is 1.31. The summed E-state index contributed by atoms with van der Waals surface area (Å²) in [6.45, 7) is 2.38. The smallest absolute Gasteiger partial charge is 0.270 e. The van der Waals surface area contributed by atoms with Crippen molar-refractivity contribution in [2.24, 2.45) is 11.7 Å². The molecule has 1 aromatic rings. The van der Waals surface area contributed by atoms with Crippen LogP contribution in [-0.2, 0) is 0 Å². The molecule has 2 rings (SSSR count). The summed E-state index contributed by atoms with van der Waals surface area (Å²) >= 11 is 0. The fraction of sp³-hybridized carbons (Fsp3) is 0.467. The van der Waals surface area contributed by atoms with E-state index in [1.807, 2.05) is 0 Å². The van der Waals surface area contributed by atoms with Crippen LogP contribution < -0.4 is 11.1 Å². The zero-order valence-corrected chi connectivity index (χ0v) is 11.1. The summed E-state index contributed by atoms with van der Waals surface area (Å²) in [7, 11) is 0. The van der Waals surface area contributed by atoms with Crippen LogP contribution in [0.5, 0.6) is 0 Å². The largest absolute Gasteiger partial charge is 0.348 e. The molecule has 1 unspecified atom stereocenters. The SMILES string of the molecule is CC(NC(=O)c1ccc(C#CCN)cn1)C1CCC1. The molecule has 1 aliphatic rings. The van der Waals surface area contributed by atoms with Gasteiger partial charge in [-0.2, -0.15) is 0 Å². The fourth-order valence-electron chi connectivity index (χ4n) is 2.09. The molecule has 1 amide bonds. The first-order chi connectivity index (χ1) is 9.20. The number of nitrogens with one attached hydrogen (secondary N) is 1. The maximum atomic E-state index is 12.0. The predicted molar refractivity (Wildman–Crippen MR) is 74.4 cm³/mol. The van der Waals surface area contributed by atoms with Gasteiger partial charge in [0, 0.05) is 17.8 Å². The van der Waals surface area contributed by atoms with Crippen molar-refractivity contribution in [3.05, 3.63) is 29.6 Å². The minimum Gasteiger partial charge on any atom is -0.348 e. The molecular weight excluding hydrogens is 238 g/mol. The van der Waals surface area contributed by atoms with Crippen LogP contribution >= 0.6 is 0 Å². The zero-order chi connectivity index (χ0) is 13.7.